The Morgan fingerprint density at radius 2 is 2.33 bits per heavy atom. The predicted octanol–water partition coefficient (Wildman–Crippen LogP) is 1.69. The van der Waals surface area contributed by atoms with E-state index in [0.717, 1.165) is 6.42 Å². The zero-order chi connectivity index (χ0) is 11.1. The van der Waals surface area contributed by atoms with Crippen LogP contribution in [0.25, 0.3) is 0 Å². The minimum Gasteiger partial charge on any atom is -0.317 e. The van der Waals surface area contributed by atoms with Crippen LogP contribution < -0.4 is 5.32 Å². The molecule has 4 heteroatoms. The second-order valence-electron chi connectivity index (χ2n) is 3.75. The first-order valence-corrected chi connectivity index (χ1v) is 6.80. The monoisotopic (exact) mass is 227 g/mol. The Labute approximate surface area is 96.6 Å². The van der Waals surface area contributed by atoms with E-state index in [9.17, 15) is 0 Å². The molecule has 15 heavy (non-hydrogen) atoms. The van der Waals surface area contributed by atoms with E-state index in [1.165, 1.54) is 24.3 Å². The number of rotatable bonds is 7. The molecular weight excluding hydrogens is 206 g/mol. The molecule has 0 aliphatic carbocycles. The summed E-state index contributed by atoms with van der Waals surface area (Å²) in [6.45, 7) is 0. The Hall–Kier alpha value is -0.480. The van der Waals surface area contributed by atoms with Gasteiger partial charge in [0, 0.05) is 25.0 Å². The van der Waals surface area contributed by atoms with Crippen LogP contribution in [0.3, 0.4) is 0 Å². The largest absolute Gasteiger partial charge is 0.317 e. The highest BCUT2D eigenvalue weighted by Crippen LogP contribution is 2.08. The van der Waals surface area contributed by atoms with Gasteiger partial charge < -0.3 is 5.32 Å². The third kappa shape index (κ3) is 4.26. The molecule has 86 valence electrons. The maximum Gasteiger partial charge on any atom is 0.0492 e. The first-order chi connectivity index (χ1) is 7.27. The Morgan fingerprint density at radius 3 is 2.87 bits per heavy atom. The second-order valence-corrected chi connectivity index (χ2v) is 4.74. The van der Waals surface area contributed by atoms with Crippen LogP contribution in [0, 0.1) is 0 Å². The van der Waals surface area contributed by atoms with Gasteiger partial charge in [0.05, 0.1) is 0 Å². The number of nitrogens with one attached hydrogen (secondary N) is 1. The van der Waals surface area contributed by atoms with E-state index >= 15 is 0 Å². The molecule has 0 spiro atoms. The van der Waals surface area contributed by atoms with E-state index in [0.29, 0.717) is 6.04 Å². The van der Waals surface area contributed by atoms with Gasteiger partial charge >= 0.3 is 0 Å². The van der Waals surface area contributed by atoms with Gasteiger partial charge in [-0.3, -0.25) is 4.68 Å². The quantitative estimate of drug-likeness (QED) is 0.769. The van der Waals surface area contributed by atoms with Crippen LogP contribution in [0.4, 0.5) is 0 Å². The molecule has 1 aromatic heterocycles. The van der Waals surface area contributed by atoms with Crippen molar-refractivity contribution in [3.8, 4) is 0 Å². The highest BCUT2D eigenvalue weighted by atomic mass is 32.2. The summed E-state index contributed by atoms with van der Waals surface area (Å²) >= 11 is 1.91. The van der Waals surface area contributed by atoms with Crippen molar-refractivity contribution in [2.24, 2.45) is 7.05 Å². The van der Waals surface area contributed by atoms with Crippen LogP contribution in [0.15, 0.2) is 12.3 Å². The molecule has 0 saturated heterocycles. The van der Waals surface area contributed by atoms with Gasteiger partial charge in [-0.15, -0.1) is 0 Å². The summed E-state index contributed by atoms with van der Waals surface area (Å²) in [5.74, 6) is 1.23. The van der Waals surface area contributed by atoms with Crippen LogP contribution in [0.5, 0.6) is 0 Å². The molecule has 1 atom stereocenters. The summed E-state index contributed by atoms with van der Waals surface area (Å²) in [6.07, 6.45) is 7.57. The van der Waals surface area contributed by atoms with Crippen molar-refractivity contribution in [2.75, 3.05) is 19.1 Å². The van der Waals surface area contributed by atoms with E-state index in [1.54, 1.807) is 0 Å². The smallest absolute Gasteiger partial charge is 0.0492 e. The van der Waals surface area contributed by atoms with Crippen molar-refractivity contribution < 1.29 is 0 Å². The molecule has 1 unspecified atom stereocenters. The Kier molecular flexibility index (Phi) is 5.79. The van der Waals surface area contributed by atoms with Gasteiger partial charge in [0.15, 0.2) is 0 Å². The fourth-order valence-corrected chi connectivity index (χ4v) is 2.18. The normalized spacial score (nSPS) is 13.0. The average Bonchev–Trinajstić information content (AvgIpc) is 2.65. The number of aromatic nitrogens is 2. The minimum absolute atomic E-state index is 0.632. The van der Waals surface area contributed by atoms with E-state index in [-0.39, 0.29) is 0 Å². The predicted molar refractivity (Wildman–Crippen MR) is 67.4 cm³/mol. The molecule has 0 bridgehead atoms. The molecule has 0 aliphatic heterocycles. The lowest BCUT2D eigenvalue weighted by atomic mass is 10.1. The number of hydrogen-bond acceptors (Lipinski definition) is 3. The fourth-order valence-electron chi connectivity index (χ4n) is 1.66. The summed E-state index contributed by atoms with van der Waals surface area (Å²) in [5.41, 5.74) is 1.32. The number of aryl methyl sites for hydroxylation is 2. The molecule has 0 aliphatic rings. The van der Waals surface area contributed by atoms with Crippen LogP contribution >= 0.6 is 11.8 Å². The second kappa shape index (κ2) is 6.90. The van der Waals surface area contributed by atoms with Crippen molar-refractivity contribution in [2.45, 2.75) is 25.3 Å². The van der Waals surface area contributed by atoms with Crippen LogP contribution in [0.1, 0.15) is 18.5 Å². The Balaban J connectivity index is 2.31. The lowest BCUT2D eigenvalue weighted by molar-refractivity contribution is 0.503. The molecule has 0 saturated carbocycles. The number of nitrogens with zero attached hydrogens (tertiary/aromatic N) is 2. The fraction of sp³-hybridized carbons (Fsp3) is 0.727. The highest BCUT2D eigenvalue weighted by Gasteiger charge is 2.07. The lowest BCUT2D eigenvalue weighted by Gasteiger charge is -2.15. The van der Waals surface area contributed by atoms with Gasteiger partial charge in [0.25, 0.3) is 0 Å². The zero-order valence-electron chi connectivity index (χ0n) is 9.86. The van der Waals surface area contributed by atoms with Crippen LogP contribution in [-0.4, -0.2) is 34.9 Å². The summed E-state index contributed by atoms with van der Waals surface area (Å²) in [4.78, 5) is 0. The molecule has 1 N–H and O–H groups in total. The molecule has 0 amide bonds. The summed E-state index contributed by atoms with van der Waals surface area (Å²) < 4.78 is 1.96. The number of hydrogen-bond donors (Lipinski definition) is 1. The topological polar surface area (TPSA) is 29.9 Å². The van der Waals surface area contributed by atoms with Gasteiger partial charge in [-0.05, 0) is 44.4 Å². The number of thioether (sulfide) groups is 1. The maximum absolute atomic E-state index is 4.17. The van der Waals surface area contributed by atoms with Crippen molar-refractivity contribution in [3.63, 3.8) is 0 Å². The Morgan fingerprint density at radius 1 is 1.53 bits per heavy atom. The van der Waals surface area contributed by atoms with E-state index in [1.807, 2.05) is 36.7 Å². The van der Waals surface area contributed by atoms with Crippen LogP contribution in [0.2, 0.25) is 0 Å². The molecular formula is C11H21N3S. The van der Waals surface area contributed by atoms with Gasteiger partial charge in [-0.25, -0.2) is 0 Å². The van der Waals surface area contributed by atoms with E-state index in [2.05, 4.69) is 22.7 Å². The summed E-state index contributed by atoms with van der Waals surface area (Å²) in [6, 6.07) is 2.73. The van der Waals surface area contributed by atoms with Gasteiger partial charge in [-0.1, -0.05) is 0 Å². The minimum atomic E-state index is 0.632. The molecule has 3 nitrogen and oxygen atoms in total. The van der Waals surface area contributed by atoms with Gasteiger partial charge in [0.2, 0.25) is 0 Å². The third-order valence-corrected chi connectivity index (χ3v) is 3.39. The highest BCUT2D eigenvalue weighted by molar-refractivity contribution is 7.98. The summed E-state index contributed by atoms with van der Waals surface area (Å²) in [5, 5.41) is 7.55. The average molecular weight is 227 g/mol. The molecule has 1 heterocycles. The maximum atomic E-state index is 4.17. The third-order valence-electron chi connectivity index (χ3n) is 2.75. The van der Waals surface area contributed by atoms with Gasteiger partial charge in [-0.2, -0.15) is 16.9 Å². The Bertz CT molecular complexity index is 273. The molecule has 0 radical (unpaired) electrons. The van der Waals surface area contributed by atoms with Gasteiger partial charge in [0.1, 0.15) is 0 Å². The zero-order valence-corrected chi connectivity index (χ0v) is 10.7. The van der Waals surface area contributed by atoms with Crippen molar-refractivity contribution in [1.29, 1.82) is 0 Å². The molecule has 1 rings (SSSR count). The van der Waals surface area contributed by atoms with Crippen LogP contribution in [-0.2, 0) is 13.5 Å². The lowest BCUT2D eigenvalue weighted by Crippen LogP contribution is -2.26. The molecule has 0 fully saturated rings. The molecule has 0 aromatic carbocycles. The first kappa shape index (κ1) is 12.6. The first-order valence-electron chi connectivity index (χ1n) is 5.41. The SMILES string of the molecule is CNC(CCSC)CCc1ccnn1C. The summed E-state index contributed by atoms with van der Waals surface area (Å²) in [7, 11) is 4.06. The van der Waals surface area contributed by atoms with E-state index in [4.69, 9.17) is 0 Å². The van der Waals surface area contributed by atoms with Crippen molar-refractivity contribution in [3.05, 3.63) is 18.0 Å². The standard InChI is InChI=1S/C11H21N3S/c1-12-10(7-9-15-3)4-5-11-6-8-13-14(11)2/h6,8,10,12H,4-5,7,9H2,1-3H3. The van der Waals surface area contributed by atoms with E-state index < -0.39 is 0 Å². The van der Waals surface area contributed by atoms with Crippen molar-refractivity contribution in [1.82, 2.24) is 15.1 Å². The van der Waals surface area contributed by atoms with Crippen molar-refractivity contribution >= 4 is 11.8 Å². The molecule has 1 aromatic rings.